The highest BCUT2D eigenvalue weighted by Crippen LogP contribution is 2.40. The van der Waals surface area contributed by atoms with E-state index in [4.69, 9.17) is 4.42 Å². The summed E-state index contributed by atoms with van der Waals surface area (Å²) in [5, 5.41) is 0. The molecule has 1 aliphatic carbocycles. The van der Waals surface area contributed by atoms with Gasteiger partial charge in [-0.25, -0.2) is 13.4 Å². The van der Waals surface area contributed by atoms with E-state index in [9.17, 15) is 8.42 Å². The van der Waals surface area contributed by atoms with E-state index in [-0.39, 0.29) is 0 Å². The van der Waals surface area contributed by atoms with Crippen molar-refractivity contribution in [1.82, 2.24) is 9.29 Å². The molecule has 1 saturated carbocycles. The Labute approximate surface area is 160 Å². The normalized spacial score (nSPS) is 20.8. The van der Waals surface area contributed by atoms with Crippen LogP contribution in [-0.4, -0.2) is 37.3 Å². The first-order valence-electron chi connectivity index (χ1n) is 9.94. The molecule has 1 saturated heterocycles. The molecule has 0 amide bonds. The first-order valence-corrected chi connectivity index (χ1v) is 11.4. The Morgan fingerprint density at radius 1 is 1.11 bits per heavy atom. The number of hydrogen-bond donors (Lipinski definition) is 0. The number of hydrogen-bond acceptors (Lipinski definition) is 5. The number of fused-ring (bicyclic) bond motifs is 1. The van der Waals surface area contributed by atoms with Gasteiger partial charge in [-0.3, -0.25) is 0 Å². The van der Waals surface area contributed by atoms with Gasteiger partial charge in [0.15, 0.2) is 5.89 Å². The Kier molecular flexibility index (Phi) is 4.24. The Morgan fingerprint density at radius 2 is 1.93 bits per heavy atom. The molecule has 1 aromatic carbocycles. The summed E-state index contributed by atoms with van der Waals surface area (Å²) < 4.78 is 33.4. The molecule has 27 heavy (non-hydrogen) atoms. The van der Waals surface area contributed by atoms with Crippen molar-refractivity contribution >= 4 is 15.7 Å². The van der Waals surface area contributed by atoms with Crippen molar-refractivity contribution in [2.45, 2.75) is 55.9 Å². The van der Waals surface area contributed by atoms with E-state index < -0.39 is 10.0 Å². The Morgan fingerprint density at radius 3 is 2.70 bits per heavy atom. The van der Waals surface area contributed by atoms with Crippen LogP contribution in [-0.2, 0) is 23.0 Å². The number of sulfonamides is 1. The molecular weight excluding hydrogens is 362 g/mol. The second kappa shape index (κ2) is 6.63. The van der Waals surface area contributed by atoms with Crippen molar-refractivity contribution in [3.63, 3.8) is 0 Å². The molecule has 0 radical (unpaired) electrons. The van der Waals surface area contributed by atoms with Gasteiger partial charge in [0.2, 0.25) is 10.0 Å². The van der Waals surface area contributed by atoms with Crippen molar-refractivity contribution in [2.75, 3.05) is 24.5 Å². The van der Waals surface area contributed by atoms with Crippen LogP contribution in [0.2, 0.25) is 0 Å². The standard InChI is InChI=1S/C20H25N3O3S/c24-27(25,23-9-2-1-3-10-23)18-6-7-19-16(12-18)8-11-22(19)14-17-13-21-20(26-17)15-4-5-15/h6-7,12-13,15H,1-5,8-11,14H2. The highest BCUT2D eigenvalue weighted by molar-refractivity contribution is 7.89. The number of nitrogens with zero attached hydrogens (tertiary/aromatic N) is 3. The molecule has 0 N–H and O–H groups in total. The summed E-state index contributed by atoms with van der Waals surface area (Å²) in [4.78, 5) is 7.08. The van der Waals surface area contributed by atoms with Crippen molar-refractivity contribution in [3.05, 3.63) is 41.6 Å². The molecular formula is C20H25N3O3S. The average Bonchev–Trinajstić information content (AvgIpc) is 3.31. The number of benzene rings is 1. The minimum absolute atomic E-state index is 0.431. The lowest BCUT2D eigenvalue weighted by Gasteiger charge is -2.26. The number of aromatic nitrogens is 1. The minimum atomic E-state index is -3.37. The summed E-state index contributed by atoms with van der Waals surface area (Å²) in [6, 6.07) is 5.59. The number of piperidine rings is 1. The lowest BCUT2D eigenvalue weighted by molar-refractivity contribution is 0.346. The fourth-order valence-corrected chi connectivity index (χ4v) is 5.70. The quantitative estimate of drug-likeness (QED) is 0.788. The zero-order valence-corrected chi connectivity index (χ0v) is 16.2. The molecule has 5 rings (SSSR count). The van der Waals surface area contributed by atoms with E-state index >= 15 is 0 Å². The van der Waals surface area contributed by atoms with Crippen molar-refractivity contribution in [3.8, 4) is 0 Å². The van der Waals surface area contributed by atoms with Crippen LogP contribution < -0.4 is 4.90 Å². The molecule has 3 heterocycles. The third kappa shape index (κ3) is 3.27. The topological polar surface area (TPSA) is 66.7 Å². The van der Waals surface area contributed by atoms with Gasteiger partial charge in [0.1, 0.15) is 5.76 Å². The van der Waals surface area contributed by atoms with E-state index in [2.05, 4.69) is 9.88 Å². The molecule has 7 heteroatoms. The van der Waals surface area contributed by atoms with E-state index in [0.29, 0.717) is 30.4 Å². The molecule has 0 bridgehead atoms. The molecule has 6 nitrogen and oxygen atoms in total. The van der Waals surface area contributed by atoms with Crippen LogP contribution in [0, 0.1) is 0 Å². The van der Waals surface area contributed by atoms with Crippen LogP contribution in [0.3, 0.4) is 0 Å². The lowest BCUT2D eigenvalue weighted by Crippen LogP contribution is -2.35. The van der Waals surface area contributed by atoms with Gasteiger partial charge in [0.05, 0.1) is 17.6 Å². The predicted octanol–water partition coefficient (Wildman–Crippen LogP) is 3.29. The first kappa shape index (κ1) is 17.3. The van der Waals surface area contributed by atoms with Crippen LogP contribution >= 0.6 is 0 Å². The molecule has 0 spiro atoms. The molecule has 0 atom stereocenters. The van der Waals surface area contributed by atoms with Crippen LogP contribution in [0.4, 0.5) is 5.69 Å². The molecule has 0 unspecified atom stereocenters. The zero-order valence-electron chi connectivity index (χ0n) is 15.4. The molecule has 2 aliphatic heterocycles. The summed E-state index contributed by atoms with van der Waals surface area (Å²) in [7, 11) is -3.37. The van der Waals surface area contributed by atoms with Crippen molar-refractivity contribution in [2.24, 2.45) is 0 Å². The minimum Gasteiger partial charge on any atom is -0.444 e. The Bertz CT molecular complexity index is 943. The van der Waals surface area contributed by atoms with Crippen molar-refractivity contribution in [1.29, 1.82) is 0 Å². The van der Waals surface area contributed by atoms with Gasteiger partial charge in [-0.15, -0.1) is 0 Å². The fraction of sp³-hybridized carbons (Fsp3) is 0.550. The SMILES string of the molecule is O=S(=O)(c1ccc2c(c1)CCN2Cc1cnc(C2CC2)o1)N1CCCCC1. The van der Waals surface area contributed by atoms with E-state index in [1.165, 1.54) is 12.8 Å². The number of oxazole rings is 1. The van der Waals surface area contributed by atoms with Crippen LogP contribution in [0.15, 0.2) is 33.7 Å². The van der Waals surface area contributed by atoms with Crippen molar-refractivity contribution < 1.29 is 12.8 Å². The number of anilines is 1. The summed E-state index contributed by atoms with van der Waals surface area (Å²) in [5.74, 6) is 2.27. The molecule has 3 aliphatic rings. The third-order valence-corrected chi connectivity index (χ3v) is 7.73. The molecule has 144 valence electrons. The number of rotatable bonds is 5. The second-order valence-corrected chi connectivity index (χ2v) is 9.80. The second-order valence-electron chi connectivity index (χ2n) is 7.87. The first-order chi connectivity index (χ1) is 13.1. The van der Waals surface area contributed by atoms with Gasteiger partial charge in [0.25, 0.3) is 0 Å². The summed E-state index contributed by atoms with van der Waals surface area (Å²) in [6.45, 7) is 2.84. The molecule has 2 aromatic rings. The average molecular weight is 388 g/mol. The molecule has 1 aromatic heterocycles. The van der Waals surface area contributed by atoms with Gasteiger partial charge in [-0.05, 0) is 55.9 Å². The largest absolute Gasteiger partial charge is 0.444 e. The van der Waals surface area contributed by atoms with Gasteiger partial charge >= 0.3 is 0 Å². The highest BCUT2D eigenvalue weighted by atomic mass is 32.2. The lowest BCUT2D eigenvalue weighted by atomic mass is 10.2. The van der Waals surface area contributed by atoms with Gasteiger partial charge in [0, 0.05) is 31.2 Å². The predicted molar refractivity (Wildman–Crippen MR) is 102 cm³/mol. The van der Waals surface area contributed by atoms with Crippen LogP contribution in [0.1, 0.15) is 55.2 Å². The van der Waals surface area contributed by atoms with Gasteiger partial charge < -0.3 is 9.32 Å². The Hall–Kier alpha value is -1.86. The van der Waals surface area contributed by atoms with E-state index in [0.717, 1.165) is 55.1 Å². The maximum atomic E-state index is 12.9. The summed E-state index contributed by atoms with van der Waals surface area (Å²) >= 11 is 0. The monoisotopic (exact) mass is 387 g/mol. The van der Waals surface area contributed by atoms with Crippen LogP contribution in [0.5, 0.6) is 0 Å². The summed E-state index contributed by atoms with van der Waals surface area (Å²) in [5.41, 5.74) is 2.21. The zero-order chi connectivity index (χ0) is 18.4. The fourth-order valence-electron chi connectivity index (χ4n) is 4.13. The molecule has 2 fully saturated rings. The third-order valence-electron chi connectivity index (χ3n) is 5.84. The maximum Gasteiger partial charge on any atom is 0.243 e. The smallest absolute Gasteiger partial charge is 0.243 e. The van der Waals surface area contributed by atoms with Gasteiger partial charge in [-0.1, -0.05) is 6.42 Å². The van der Waals surface area contributed by atoms with E-state index in [1.807, 2.05) is 18.3 Å². The van der Waals surface area contributed by atoms with Crippen LogP contribution in [0.25, 0.3) is 0 Å². The van der Waals surface area contributed by atoms with Gasteiger partial charge in [-0.2, -0.15) is 4.31 Å². The summed E-state index contributed by atoms with van der Waals surface area (Å²) in [6.07, 6.45) is 8.09. The highest BCUT2D eigenvalue weighted by Gasteiger charge is 2.30. The van der Waals surface area contributed by atoms with E-state index in [1.54, 1.807) is 10.4 Å². The Balaban J connectivity index is 1.35. The maximum absolute atomic E-state index is 12.9.